The molecular weight excluding hydrogens is 206 g/mol. The van der Waals surface area contributed by atoms with E-state index in [0.29, 0.717) is 5.41 Å². The molecule has 0 saturated carbocycles. The molecule has 1 aromatic rings. The van der Waals surface area contributed by atoms with Crippen LogP contribution in [0.2, 0.25) is 0 Å². The van der Waals surface area contributed by atoms with Crippen molar-refractivity contribution in [3.05, 3.63) is 35.9 Å². The normalized spacial score (nSPS) is 12.8. The highest BCUT2D eigenvalue weighted by Gasteiger charge is 2.21. The predicted octanol–water partition coefficient (Wildman–Crippen LogP) is 3.84. The van der Waals surface area contributed by atoms with E-state index in [2.05, 4.69) is 65.2 Å². The van der Waals surface area contributed by atoms with Crippen molar-refractivity contribution in [3.8, 4) is 0 Å². The second-order valence-corrected chi connectivity index (χ2v) is 6.33. The van der Waals surface area contributed by atoms with Crippen molar-refractivity contribution in [1.82, 2.24) is 0 Å². The van der Waals surface area contributed by atoms with Crippen LogP contribution < -0.4 is 0 Å². The summed E-state index contributed by atoms with van der Waals surface area (Å²) in [6.45, 7) is 9.46. The van der Waals surface area contributed by atoms with Crippen LogP contribution in [-0.4, -0.2) is 31.7 Å². The Kier molecular flexibility index (Phi) is 4.76. The molecule has 0 aliphatic heterocycles. The maximum atomic E-state index is 2.36. The fraction of sp³-hybridized carbons (Fsp3) is 0.625. The van der Waals surface area contributed by atoms with E-state index in [0.717, 1.165) is 4.48 Å². The fourth-order valence-corrected chi connectivity index (χ4v) is 2.14. The highest BCUT2D eigenvalue weighted by atomic mass is 15.3. The van der Waals surface area contributed by atoms with E-state index < -0.39 is 0 Å². The summed E-state index contributed by atoms with van der Waals surface area (Å²) in [6, 6.07) is 10.9. The minimum absolute atomic E-state index is 0.301. The van der Waals surface area contributed by atoms with Gasteiger partial charge in [0, 0.05) is 0 Å². The summed E-state index contributed by atoms with van der Waals surface area (Å²) >= 11 is 0. The van der Waals surface area contributed by atoms with Crippen molar-refractivity contribution >= 4 is 0 Å². The van der Waals surface area contributed by atoms with E-state index in [1.54, 1.807) is 0 Å². The lowest BCUT2D eigenvalue weighted by molar-refractivity contribution is -0.888. The van der Waals surface area contributed by atoms with E-state index >= 15 is 0 Å². The van der Waals surface area contributed by atoms with Crippen LogP contribution >= 0.6 is 0 Å². The molecule has 0 saturated heterocycles. The Hall–Kier alpha value is -0.820. The standard InChI is InChI=1S/C16H28N/c1-6-17(4,5)14-10-13-16(2,3)15-11-8-7-9-12-15/h7-9,11-12H,6,10,13-14H2,1-5H3/q+1. The van der Waals surface area contributed by atoms with Crippen molar-refractivity contribution in [2.24, 2.45) is 0 Å². The summed E-state index contributed by atoms with van der Waals surface area (Å²) in [4.78, 5) is 0. The number of hydrogen-bond acceptors (Lipinski definition) is 0. The fourth-order valence-electron chi connectivity index (χ4n) is 2.14. The monoisotopic (exact) mass is 234 g/mol. The van der Waals surface area contributed by atoms with E-state index in [1.807, 2.05) is 0 Å². The summed E-state index contributed by atoms with van der Waals surface area (Å²) in [5, 5.41) is 0. The molecule has 1 aromatic carbocycles. The molecule has 0 bridgehead atoms. The molecule has 0 unspecified atom stereocenters. The summed E-state index contributed by atoms with van der Waals surface area (Å²) in [5.74, 6) is 0. The van der Waals surface area contributed by atoms with Crippen LogP contribution in [0.1, 0.15) is 39.2 Å². The lowest BCUT2D eigenvalue weighted by Gasteiger charge is -2.31. The van der Waals surface area contributed by atoms with Crippen molar-refractivity contribution in [1.29, 1.82) is 0 Å². The quantitative estimate of drug-likeness (QED) is 0.656. The molecule has 0 fully saturated rings. The zero-order valence-corrected chi connectivity index (χ0v) is 12.2. The van der Waals surface area contributed by atoms with E-state index in [-0.39, 0.29) is 0 Å². The molecule has 0 N–H and O–H groups in total. The maximum Gasteiger partial charge on any atom is 0.0782 e. The lowest BCUT2D eigenvalue weighted by atomic mass is 9.80. The molecule has 0 radical (unpaired) electrons. The zero-order chi connectivity index (χ0) is 12.9. The van der Waals surface area contributed by atoms with Gasteiger partial charge >= 0.3 is 0 Å². The summed E-state index contributed by atoms with van der Waals surface area (Å²) < 4.78 is 1.13. The summed E-state index contributed by atoms with van der Waals surface area (Å²) in [6.07, 6.45) is 2.56. The predicted molar refractivity (Wildman–Crippen MR) is 76.2 cm³/mol. The van der Waals surface area contributed by atoms with Crippen LogP contribution in [0.4, 0.5) is 0 Å². The summed E-state index contributed by atoms with van der Waals surface area (Å²) in [5.41, 5.74) is 1.76. The number of quaternary nitrogens is 1. The molecule has 0 atom stereocenters. The molecule has 0 heterocycles. The molecule has 0 amide bonds. The Balaban J connectivity index is 2.51. The van der Waals surface area contributed by atoms with Crippen LogP contribution in [-0.2, 0) is 5.41 Å². The van der Waals surface area contributed by atoms with Crippen LogP contribution in [0.5, 0.6) is 0 Å². The van der Waals surface area contributed by atoms with E-state index in [4.69, 9.17) is 0 Å². The highest BCUT2D eigenvalue weighted by molar-refractivity contribution is 5.23. The van der Waals surface area contributed by atoms with E-state index in [9.17, 15) is 0 Å². The van der Waals surface area contributed by atoms with Gasteiger partial charge in [0.2, 0.25) is 0 Å². The van der Waals surface area contributed by atoms with Gasteiger partial charge in [0.1, 0.15) is 0 Å². The molecule has 0 aromatic heterocycles. The van der Waals surface area contributed by atoms with Gasteiger partial charge in [-0.3, -0.25) is 0 Å². The molecule has 0 aliphatic rings. The number of benzene rings is 1. The maximum absolute atomic E-state index is 2.36. The second kappa shape index (κ2) is 5.68. The third kappa shape index (κ3) is 4.51. The Morgan fingerprint density at radius 3 is 2.18 bits per heavy atom. The van der Waals surface area contributed by atoms with Gasteiger partial charge in [-0.05, 0) is 30.7 Å². The first-order valence-corrected chi connectivity index (χ1v) is 6.75. The number of rotatable bonds is 6. The smallest absolute Gasteiger partial charge is 0.0782 e. The second-order valence-electron chi connectivity index (χ2n) is 6.33. The van der Waals surface area contributed by atoms with E-state index in [1.165, 1.54) is 31.5 Å². The average molecular weight is 234 g/mol. The third-order valence-corrected chi connectivity index (χ3v) is 3.98. The number of hydrogen-bond donors (Lipinski definition) is 0. The summed E-state index contributed by atoms with van der Waals surface area (Å²) in [7, 11) is 4.63. The molecule has 17 heavy (non-hydrogen) atoms. The molecule has 96 valence electrons. The van der Waals surface area contributed by atoms with Gasteiger partial charge in [0.15, 0.2) is 0 Å². The van der Waals surface area contributed by atoms with Gasteiger partial charge in [-0.1, -0.05) is 44.2 Å². The van der Waals surface area contributed by atoms with Gasteiger partial charge in [-0.2, -0.15) is 0 Å². The minimum atomic E-state index is 0.301. The van der Waals surface area contributed by atoms with Crippen LogP contribution in [0.3, 0.4) is 0 Å². The molecule has 0 spiro atoms. The molecule has 1 nitrogen and oxygen atoms in total. The van der Waals surface area contributed by atoms with Crippen molar-refractivity contribution in [2.45, 2.75) is 39.0 Å². The Labute approximate surface area is 107 Å². The SMILES string of the molecule is CC[N+](C)(C)CCCC(C)(C)c1ccccc1. The average Bonchev–Trinajstić information content (AvgIpc) is 2.30. The molecule has 0 aliphatic carbocycles. The van der Waals surface area contributed by atoms with Gasteiger partial charge in [0.25, 0.3) is 0 Å². The van der Waals surface area contributed by atoms with Crippen LogP contribution in [0.25, 0.3) is 0 Å². The Morgan fingerprint density at radius 2 is 1.65 bits per heavy atom. The van der Waals surface area contributed by atoms with Crippen LogP contribution in [0, 0.1) is 0 Å². The first kappa shape index (κ1) is 14.2. The zero-order valence-electron chi connectivity index (χ0n) is 12.2. The van der Waals surface area contributed by atoms with Gasteiger partial charge in [0.05, 0.1) is 27.2 Å². The first-order chi connectivity index (χ1) is 7.87. The van der Waals surface area contributed by atoms with Crippen molar-refractivity contribution in [2.75, 3.05) is 27.2 Å². The third-order valence-electron chi connectivity index (χ3n) is 3.98. The highest BCUT2D eigenvalue weighted by Crippen LogP contribution is 2.28. The largest absolute Gasteiger partial charge is 0.329 e. The molecule has 1 heteroatoms. The molecular formula is C16H28N+. The van der Waals surface area contributed by atoms with Gasteiger partial charge in [-0.25, -0.2) is 0 Å². The van der Waals surface area contributed by atoms with Crippen molar-refractivity contribution in [3.63, 3.8) is 0 Å². The lowest BCUT2D eigenvalue weighted by Crippen LogP contribution is -2.40. The number of nitrogens with zero attached hydrogens (tertiary/aromatic N) is 1. The first-order valence-electron chi connectivity index (χ1n) is 6.75. The Bertz CT molecular complexity index is 325. The van der Waals surface area contributed by atoms with Gasteiger partial charge in [-0.15, -0.1) is 0 Å². The Morgan fingerprint density at radius 1 is 1.06 bits per heavy atom. The van der Waals surface area contributed by atoms with Crippen LogP contribution in [0.15, 0.2) is 30.3 Å². The topological polar surface area (TPSA) is 0 Å². The minimum Gasteiger partial charge on any atom is -0.329 e. The van der Waals surface area contributed by atoms with Crippen molar-refractivity contribution < 1.29 is 4.48 Å². The molecule has 1 rings (SSSR count). The van der Waals surface area contributed by atoms with Gasteiger partial charge < -0.3 is 4.48 Å².